The lowest BCUT2D eigenvalue weighted by atomic mass is 10.1. The summed E-state index contributed by atoms with van der Waals surface area (Å²) in [5, 5.41) is 3.44. The Morgan fingerprint density at radius 1 is 1.48 bits per heavy atom. The molecular formula is C15H20ClFN2OS. The second-order valence-electron chi connectivity index (χ2n) is 5.37. The third-order valence-corrected chi connectivity index (χ3v) is 4.81. The van der Waals surface area contributed by atoms with Crippen molar-refractivity contribution in [2.24, 2.45) is 0 Å². The number of rotatable bonds is 5. The van der Waals surface area contributed by atoms with E-state index in [2.05, 4.69) is 17.3 Å². The molecule has 1 N–H and O–H groups in total. The monoisotopic (exact) mass is 330 g/mol. The van der Waals surface area contributed by atoms with Crippen molar-refractivity contribution in [3.63, 3.8) is 0 Å². The maximum atomic E-state index is 13.6. The molecule has 3 nitrogen and oxygen atoms in total. The van der Waals surface area contributed by atoms with E-state index in [1.807, 2.05) is 0 Å². The molecular weight excluding hydrogens is 311 g/mol. The second kappa shape index (κ2) is 8.01. The number of thioether (sulfide) groups is 1. The van der Waals surface area contributed by atoms with E-state index in [9.17, 15) is 9.18 Å². The summed E-state index contributed by atoms with van der Waals surface area (Å²) in [4.78, 5) is 14.1. The third-order valence-electron chi connectivity index (χ3n) is 3.59. The van der Waals surface area contributed by atoms with Crippen molar-refractivity contribution in [2.75, 3.05) is 25.9 Å². The van der Waals surface area contributed by atoms with Gasteiger partial charge in [0.05, 0.1) is 5.75 Å². The smallest absolute Gasteiger partial charge is 0.230 e. The maximum Gasteiger partial charge on any atom is 0.230 e. The van der Waals surface area contributed by atoms with Gasteiger partial charge in [-0.05, 0) is 50.7 Å². The molecule has 0 bridgehead atoms. The fourth-order valence-electron chi connectivity index (χ4n) is 2.31. The van der Waals surface area contributed by atoms with Gasteiger partial charge in [0.1, 0.15) is 5.82 Å². The van der Waals surface area contributed by atoms with Crippen LogP contribution in [0.5, 0.6) is 0 Å². The van der Waals surface area contributed by atoms with E-state index < -0.39 is 0 Å². The Bertz CT molecular complexity index is 493. The second-order valence-corrected chi connectivity index (χ2v) is 6.80. The Labute approximate surface area is 134 Å². The minimum absolute atomic E-state index is 0.0314. The summed E-state index contributed by atoms with van der Waals surface area (Å²) in [6, 6.07) is 4.91. The molecule has 0 unspecified atom stereocenters. The molecule has 1 fully saturated rings. The summed E-state index contributed by atoms with van der Waals surface area (Å²) in [6.07, 6.45) is 2.00. The molecule has 0 atom stereocenters. The topological polar surface area (TPSA) is 32.3 Å². The Morgan fingerprint density at radius 3 is 2.86 bits per heavy atom. The number of amides is 1. The van der Waals surface area contributed by atoms with Gasteiger partial charge >= 0.3 is 0 Å². The fourth-order valence-corrected chi connectivity index (χ4v) is 3.30. The highest BCUT2D eigenvalue weighted by Crippen LogP contribution is 2.19. The average Bonchev–Trinajstić information content (AvgIpc) is 2.44. The largest absolute Gasteiger partial charge is 0.353 e. The molecule has 0 spiro atoms. The molecule has 1 aromatic rings. The van der Waals surface area contributed by atoms with Crippen molar-refractivity contribution in [1.29, 1.82) is 0 Å². The highest BCUT2D eigenvalue weighted by atomic mass is 35.5. The molecule has 6 heteroatoms. The zero-order valence-corrected chi connectivity index (χ0v) is 13.6. The van der Waals surface area contributed by atoms with Gasteiger partial charge in [0, 0.05) is 16.8 Å². The van der Waals surface area contributed by atoms with Crippen molar-refractivity contribution in [3.8, 4) is 0 Å². The summed E-state index contributed by atoms with van der Waals surface area (Å²) in [5.74, 6) is 0.549. The van der Waals surface area contributed by atoms with Crippen LogP contribution in [0.15, 0.2) is 18.2 Å². The number of nitrogens with zero attached hydrogens (tertiary/aromatic N) is 1. The van der Waals surface area contributed by atoms with Gasteiger partial charge in [-0.3, -0.25) is 4.79 Å². The molecule has 116 valence electrons. The molecule has 1 saturated heterocycles. The quantitative estimate of drug-likeness (QED) is 0.901. The summed E-state index contributed by atoms with van der Waals surface area (Å²) in [6.45, 7) is 2.04. The van der Waals surface area contributed by atoms with Gasteiger partial charge in [0.25, 0.3) is 0 Å². The lowest BCUT2D eigenvalue weighted by molar-refractivity contribution is -0.119. The molecule has 21 heavy (non-hydrogen) atoms. The van der Waals surface area contributed by atoms with Crippen LogP contribution < -0.4 is 5.32 Å². The first kappa shape index (κ1) is 16.6. The highest BCUT2D eigenvalue weighted by Gasteiger charge is 2.18. The van der Waals surface area contributed by atoms with Crippen molar-refractivity contribution in [3.05, 3.63) is 34.6 Å². The van der Waals surface area contributed by atoms with E-state index in [0.717, 1.165) is 25.9 Å². The van der Waals surface area contributed by atoms with E-state index in [0.29, 0.717) is 22.1 Å². The highest BCUT2D eigenvalue weighted by molar-refractivity contribution is 7.99. The molecule has 0 saturated carbocycles. The van der Waals surface area contributed by atoms with Crippen molar-refractivity contribution < 1.29 is 9.18 Å². The van der Waals surface area contributed by atoms with Gasteiger partial charge in [0.2, 0.25) is 5.91 Å². The average molecular weight is 331 g/mol. The summed E-state index contributed by atoms with van der Waals surface area (Å²) in [5.41, 5.74) is 0.580. The van der Waals surface area contributed by atoms with Gasteiger partial charge in [-0.25, -0.2) is 4.39 Å². The number of benzene rings is 1. The van der Waals surface area contributed by atoms with E-state index in [1.54, 1.807) is 12.1 Å². The summed E-state index contributed by atoms with van der Waals surface area (Å²) in [7, 11) is 2.09. The van der Waals surface area contributed by atoms with Crippen LogP contribution in [0.1, 0.15) is 18.4 Å². The van der Waals surface area contributed by atoms with Gasteiger partial charge < -0.3 is 10.2 Å². The predicted octanol–water partition coefficient (Wildman–Crippen LogP) is 2.92. The number of carbonyl (C=O) groups excluding carboxylic acids is 1. The molecule has 0 aliphatic carbocycles. The predicted molar refractivity (Wildman–Crippen MR) is 86.2 cm³/mol. The molecule has 1 aliphatic rings. The third kappa shape index (κ3) is 5.49. The number of piperidine rings is 1. The Hall–Kier alpha value is -0.780. The van der Waals surface area contributed by atoms with Gasteiger partial charge in [0.15, 0.2) is 0 Å². The van der Waals surface area contributed by atoms with Crippen LogP contribution in [-0.4, -0.2) is 42.7 Å². The first-order valence-corrected chi connectivity index (χ1v) is 8.57. The number of likely N-dealkylation sites (tertiary alicyclic amines) is 1. The molecule has 1 amide bonds. The normalized spacial score (nSPS) is 16.9. The molecule has 1 aromatic carbocycles. The van der Waals surface area contributed by atoms with Crippen molar-refractivity contribution >= 4 is 29.3 Å². The van der Waals surface area contributed by atoms with Crippen molar-refractivity contribution in [1.82, 2.24) is 10.2 Å². The first-order chi connectivity index (χ1) is 10.0. The van der Waals surface area contributed by atoms with E-state index in [-0.39, 0.29) is 17.8 Å². The van der Waals surface area contributed by atoms with E-state index >= 15 is 0 Å². The van der Waals surface area contributed by atoms with E-state index in [4.69, 9.17) is 11.6 Å². The Kier molecular flexibility index (Phi) is 6.33. The number of hydrogen-bond donors (Lipinski definition) is 1. The number of carbonyl (C=O) groups is 1. The molecule has 1 aliphatic heterocycles. The first-order valence-electron chi connectivity index (χ1n) is 7.04. The van der Waals surface area contributed by atoms with Crippen LogP contribution in [0.25, 0.3) is 0 Å². The van der Waals surface area contributed by atoms with Crippen molar-refractivity contribution in [2.45, 2.75) is 24.6 Å². The number of halogens is 2. The van der Waals surface area contributed by atoms with E-state index in [1.165, 1.54) is 17.8 Å². The molecule has 1 heterocycles. The molecule has 2 rings (SSSR count). The van der Waals surface area contributed by atoms with Gasteiger partial charge in [-0.2, -0.15) is 0 Å². The summed E-state index contributed by atoms with van der Waals surface area (Å²) < 4.78 is 13.6. The number of nitrogens with one attached hydrogen (secondary N) is 1. The van der Waals surface area contributed by atoms with Gasteiger partial charge in [-0.1, -0.05) is 17.7 Å². The minimum Gasteiger partial charge on any atom is -0.353 e. The van der Waals surface area contributed by atoms with Crippen LogP contribution in [0, 0.1) is 5.82 Å². The van der Waals surface area contributed by atoms with Crippen LogP contribution in [0.4, 0.5) is 4.39 Å². The van der Waals surface area contributed by atoms with Crippen LogP contribution in [-0.2, 0) is 10.5 Å². The van der Waals surface area contributed by atoms with Gasteiger partial charge in [-0.15, -0.1) is 11.8 Å². The lowest BCUT2D eigenvalue weighted by Gasteiger charge is -2.29. The molecule has 0 radical (unpaired) electrons. The van der Waals surface area contributed by atoms with Crippen LogP contribution in [0.2, 0.25) is 5.02 Å². The maximum absolute atomic E-state index is 13.6. The zero-order valence-electron chi connectivity index (χ0n) is 12.1. The lowest BCUT2D eigenvalue weighted by Crippen LogP contribution is -2.43. The minimum atomic E-state index is -0.314. The van der Waals surface area contributed by atoms with Crippen LogP contribution in [0.3, 0.4) is 0 Å². The SMILES string of the molecule is CN1CCC(NC(=O)CSCc2ccc(Cl)cc2F)CC1. The molecule has 0 aromatic heterocycles. The summed E-state index contributed by atoms with van der Waals surface area (Å²) >= 11 is 7.12. The van der Waals surface area contributed by atoms with Crippen LogP contribution >= 0.6 is 23.4 Å². The fraction of sp³-hybridized carbons (Fsp3) is 0.533. The standard InChI is InChI=1S/C15H20ClFN2OS/c1-19-6-4-13(5-7-19)18-15(20)10-21-9-11-2-3-12(16)8-14(11)17/h2-3,8,13H,4-7,9-10H2,1H3,(H,18,20). The Balaban J connectivity index is 1.69. The zero-order chi connectivity index (χ0) is 15.2. The number of hydrogen-bond acceptors (Lipinski definition) is 3. The Morgan fingerprint density at radius 2 is 2.19 bits per heavy atom.